The van der Waals surface area contributed by atoms with Crippen molar-refractivity contribution in [3.63, 3.8) is 0 Å². The minimum absolute atomic E-state index is 0.0409. The molecule has 1 atom stereocenters. The minimum atomic E-state index is -1.29. The van der Waals surface area contributed by atoms with Crippen LogP contribution in [0.2, 0.25) is 0 Å². The molecule has 2 aromatic carbocycles. The van der Waals surface area contributed by atoms with Gasteiger partial charge in [0.1, 0.15) is 12.4 Å². The molecule has 0 aliphatic heterocycles. The molecule has 0 radical (unpaired) electrons. The summed E-state index contributed by atoms with van der Waals surface area (Å²) >= 11 is 0. The number of ether oxygens (including phenoxy) is 1. The van der Waals surface area contributed by atoms with Crippen molar-refractivity contribution in [1.29, 1.82) is 0 Å². The van der Waals surface area contributed by atoms with Crippen LogP contribution in [-0.4, -0.2) is 17.2 Å². The second-order valence-electron chi connectivity index (χ2n) is 4.92. The number of benzene rings is 2. The van der Waals surface area contributed by atoms with Crippen LogP contribution in [0.15, 0.2) is 61.2 Å². The summed E-state index contributed by atoms with van der Waals surface area (Å²) in [6, 6.07) is 14.9. The molecule has 114 valence electrons. The highest BCUT2D eigenvalue weighted by molar-refractivity contribution is 5.78. The SMILES string of the molecule is C=C(C[C@H](O)C(=O)OCc1ccccc1)c1ccc(F)cc1. The van der Waals surface area contributed by atoms with Crippen LogP contribution in [0.5, 0.6) is 0 Å². The van der Waals surface area contributed by atoms with Gasteiger partial charge in [-0.3, -0.25) is 0 Å². The van der Waals surface area contributed by atoms with Crippen molar-refractivity contribution in [3.05, 3.63) is 78.1 Å². The summed E-state index contributed by atoms with van der Waals surface area (Å²) < 4.78 is 17.9. The number of hydrogen-bond acceptors (Lipinski definition) is 3. The Labute approximate surface area is 128 Å². The highest BCUT2D eigenvalue weighted by Crippen LogP contribution is 2.19. The van der Waals surface area contributed by atoms with Crippen molar-refractivity contribution in [2.24, 2.45) is 0 Å². The predicted molar refractivity (Wildman–Crippen MR) is 82.3 cm³/mol. The number of halogens is 1. The van der Waals surface area contributed by atoms with E-state index >= 15 is 0 Å². The van der Waals surface area contributed by atoms with E-state index in [1.807, 2.05) is 30.3 Å². The first-order chi connectivity index (χ1) is 10.6. The average molecular weight is 300 g/mol. The Morgan fingerprint density at radius 3 is 2.41 bits per heavy atom. The molecule has 2 aromatic rings. The summed E-state index contributed by atoms with van der Waals surface area (Å²) in [7, 11) is 0. The van der Waals surface area contributed by atoms with Gasteiger partial charge >= 0.3 is 5.97 Å². The zero-order chi connectivity index (χ0) is 15.9. The van der Waals surface area contributed by atoms with Gasteiger partial charge in [0.05, 0.1) is 0 Å². The van der Waals surface area contributed by atoms with Crippen molar-refractivity contribution in [1.82, 2.24) is 0 Å². The number of aliphatic hydroxyl groups is 1. The zero-order valence-electron chi connectivity index (χ0n) is 12.0. The Hall–Kier alpha value is -2.46. The van der Waals surface area contributed by atoms with Crippen LogP contribution in [0.1, 0.15) is 17.5 Å². The lowest BCUT2D eigenvalue weighted by atomic mass is 10.0. The van der Waals surface area contributed by atoms with Crippen molar-refractivity contribution in [2.45, 2.75) is 19.1 Å². The Bertz CT molecular complexity index is 635. The third-order valence-corrected chi connectivity index (χ3v) is 3.19. The van der Waals surface area contributed by atoms with Crippen molar-refractivity contribution >= 4 is 11.5 Å². The molecule has 0 aliphatic carbocycles. The minimum Gasteiger partial charge on any atom is -0.459 e. The van der Waals surface area contributed by atoms with Gasteiger partial charge in [-0.25, -0.2) is 9.18 Å². The predicted octanol–water partition coefficient (Wildman–Crippen LogP) is 3.33. The zero-order valence-corrected chi connectivity index (χ0v) is 12.0. The van der Waals surface area contributed by atoms with E-state index in [-0.39, 0.29) is 18.8 Å². The van der Waals surface area contributed by atoms with Crippen LogP contribution in [0, 0.1) is 5.82 Å². The normalized spacial score (nSPS) is 11.7. The van der Waals surface area contributed by atoms with Gasteiger partial charge in [0.2, 0.25) is 0 Å². The number of aliphatic hydroxyl groups excluding tert-OH is 1. The molecule has 4 heteroatoms. The second kappa shape index (κ2) is 7.52. The van der Waals surface area contributed by atoms with Gasteiger partial charge in [-0.2, -0.15) is 0 Å². The number of hydrogen-bond donors (Lipinski definition) is 1. The number of esters is 1. The van der Waals surface area contributed by atoms with E-state index in [1.54, 1.807) is 12.1 Å². The van der Waals surface area contributed by atoms with Crippen molar-refractivity contribution in [3.8, 4) is 0 Å². The van der Waals surface area contributed by atoms with Gasteiger partial charge in [0.15, 0.2) is 6.10 Å². The van der Waals surface area contributed by atoms with Gasteiger partial charge in [-0.15, -0.1) is 0 Å². The first-order valence-corrected chi connectivity index (χ1v) is 6.88. The van der Waals surface area contributed by atoms with Gasteiger partial charge in [-0.1, -0.05) is 49.0 Å². The molecule has 0 unspecified atom stereocenters. The Balaban J connectivity index is 1.85. The molecule has 0 heterocycles. The Morgan fingerprint density at radius 1 is 1.14 bits per heavy atom. The summed E-state index contributed by atoms with van der Waals surface area (Å²) in [4.78, 5) is 11.8. The second-order valence-corrected chi connectivity index (χ2v) is 4.92. The average Bonchev–Trinajstić information content (AvgIpc) is 2.54. The summed E-state index contributed by atoms with van der Waals surface area (Å²) in [6.07, 6.45) is -1.25. The third-order valence-electron chi connectivity index (χ3n) is 3.19. The Morgan fingerprint density at radius 2 is 1.77 bits per heavy atom. The maximum atomic E-state index is 12.8. The molecule has 0 spiro atoms. The molecule has 2 rings (SSSR count). The molecular weight excluding hydrogens is 283 g/mol. The summed E-state index contributed by atoms with van der Waals surface area (Å²) in [5.74, 6) is -1.05. The van der Waals surface area contributed by atoms with Gasteiger partial charge in [-0.05, 0) is 28.8 Å². The lowest BCUT2D eigenvalue weighted by Crippen LogP contribution is -2.23. The molecule has 0 fully saturated rings. The van der Waals surface area contributed by atoms with Gasteiger partial charge < -0.3 is 9.84 Å². The first kappa shape index (κ1) is 15.9. The van der Waals surface area contributed by atoms with Gasteiger partial charge in [0, 0.05) is 6.42 Å². The molecule has 0 saturated carbocycles. The quantitative estimate of drug-likeness (QED) is 0.832. The van der Waals surface area contributed by atoms with E-state index in [9.17, 15) is 14.3 Å². The van der Waals surface area contributed by atoms with E-state index in [0.29, 0.717) is 11.1 Å². The molecule has 0 aromatic heterocycles. The van der Waals surface area contributed by atoms with E-state index in [1.165, 1.54) is 12.1 Å². The fourth-order valence-corrected chi connectivity index (χ4v) is 1.95. The lowest BCUT2D eigenvalue weighted by molar-refractivity contribution is -0.154. The van der Waals surface area contributed by atoms with Crippen LogP contribution in [0.4, 0.5) is 4.39 Å². The van der Waals surface area contributed by atoms with Crippen LogP contribution in [0.25, 0.3) is 5.57 Å². The maximum Gasteiger partial charge on any atom is 0.335 e. The van der Waals surface area contributed by atoms with Crippen LogP contribution >= 0.6 is 0 Å². The van der Waals surface area contributed by atoms with E-state index in [2.05, 4.69) is 6.58 Å². The van der Waals surface area contributed by atoms with E-state index < -0.39 is 12.1 Å². The van der Waals surface area contributed by atoms with E-state index in [4.69, 9.17) is 4.74 Å². The fourth-order valence-electron chi connectivity index (χ4n) is 1.95. The molecular formula is C18H17FO3. The summed E-state index contributed by atoms with van der Waals surface area (Å²) in [5, 5.41) is 9.87. The first-order valence-electron chi connectivity index (χ1n) is 6.88. The smallest absolute Gasteiger partial charge is 0.335 e. The van der Waals surface area contributed by atoms with Crippen molar-refractivity contribution < 1.29 is 19.0 Å². The van der Waals surface area contributed by atoms with Crippen LogP contribution in [-0.2, 0) is 16.1 Å². The maximum absolute atomic E-state index is 12.8. The molecule has 0 aliphatic rings. The number of carbonyl (C=O) groups excluding carboxylic acids is 1. The molecule has 0 bridgehead atoms. The monoisotopic (exact) mass is 300 g/mol. The van der Waals surface area contributed by atoms with Gasteiger partial charge in [0.25, 0.3) is 0 Å². The van der Waals surface area contributed by atoms with Crippen LogP contribution < -0.4 is 0 Å². The highest BCUT2D eigenvalue weighted by atomic mass is 19.1. The number of rotatable bonds is 6. The fraction of sp³-hybridized carbons (Fsp3) is 0.167. The Kier molecular flexibility index (Phi) is 5.44. The summed E-state index contributed by atoms with van der Waals surface area (Å²) in [5.41, 5.74) is 2.07. The molecule has 3 nitrogen and oxygen atoms in total. The van der Waals surface area contributed by atoms with Crippen LogP contribution in [0.3, 0.4) is 0 Å². The highest BCUT2D eigenvalue weighted by Gasteiger charge is 2.18. The topological polar surface area (TPSA) is 46.5 Å². The number of carbonyl (C=O) groups is 1. The lowest BCUT2D eigenvalue weighted by Gasteiger charge is -2.12. The van der Waals surface area contributed by atoms with Crippen molar-refractivity contribution in [2.75, 3.05) is 0 Å². The molecule has 0 saturated heterocycles. The summed E-state index contributed by atoms with van der Waals surface area (Å²) in [6.45, 7) is 3.92. The largest absolute Gasteiger partial charge is 0.459 e. The molecule has 0 amide bonds. The molecule has 1 N–H and O–H groups in total. The van der Waals surface area contributed by atoms with E-state index in [0.717, 1.165) is 5.56 Å². The molecule has 22 heavy (non-hydrogen) atoms. The standard InChI is InChI=1S/C18H17FO3/c1-13(15-7-9-16(19)10-8-15)11-17(20)18(21)22-12-14-5-3-2-4-6-14/h2-10,17,20H,1,11-12H2/t17-/m0/s1. The third kappa shape index (κ3) is 4.53.